The van der Waals surface area contributed by atoms with Crippen LogP contribution in [0.25, 0.3) is 0 Å². The van der Waals surface area contributed by atoms with Crippen molar-refractivity contribution in [2.24, 2.45) is 0 Å². The van der Waals surface area contributed by atoms with E-state index >= 15 is 0 Å². The number of amides is 1. The molecule has 1 atom stereocenters. The Bertz CT molecular complexity index is 452. The fraction of sp³-hybridized carbons (Fsp3) is 0.500. The highest BCUT2D eigenvalue weighted by Crippen LogP contribution is 2.33. The van der Waals surface area contributed by atoms with Crippen LogP contribution in [0.1, 0.15) is 27.7 Å². The van der Waals surface area contributed by atoms with Crippen molar-refractivity contribution in [3.63, 3.8) is 0 Å². The number of alkyl carbamates (subject to hydrolysis) is 1. The lowest BCUT2D eigenvalue weighted by atomic mass is 10.1. The zero-order valence-corrected chi connectivity index (χ0v) is 15.2. The van der Waals surface area contributed by atoms with Crippen LogP contribution in [0.4, 0.5) is 4.79 Å². The highest BCUT2D eigenvalue weighted by atomic mass is 79.9. The Kier molecular flexibility index (Phi) is 6.33. The van der Waals surface area contributed by atoms with Crippen molar-refractivity contribution in [2.75, 3.05) is 6.61 Å². The summed E-state index contributed by atoms with van der Waals surface area (Å²) in [4.78, 5) is 11.6. The molecule has 0 aliphatic rings. The summed E-state index contributed by atoms with van der Waals surface area (Å²) in [6.07, 6.45) is -0.795. The van der Waals surface area contributed by atoms with Gasteiger partial charge in [-0.2, -0.15) is 0 Å². The molecule has 0 aliphatic carbocycles. The Morgan fingerprint density at radius 2 is 1.85 bits per heavy atom. The minimum Gasteiger partial charge on any atom is -0.487 e. The van der Waals surface area contributed by atoms with E-state index in [-0.39, 0.29) is 18.2 Å². The molecule has 1 rings (SSSR count). The fourth-order valence-corrected chi connectivity index (χ4v) is 2.60. The van der Waals surface area contributed by atoms with Crippen molar-refractivity contribution in [3.05, 3.63) is 27.1 Å². The van der Waals surface area contributed by atoms with Crippen LogP contribution in [-0.4, -0.2) is 24.3 Å². The SMILES string of the molecule is C[C@@H](COc1c(Br)cccc1Br)OC(=O)NC(C)(C)C. The number of ether oxygens (including phenoxy) is 2. The Labute approximate surface area is 136 Å². The normalized spacial score (nSPS) is 12.7. The predicted octanol–water partition coefficient (Wildman–Crippen LogP) is 4.50. The number of nitrogens with one attached hydrogen (secondary N) is 1. The van der Waals surface area contributed by atoms with Crippen LogP contribution in [0.15, 0.2) is 27.1 Å². The highest BCUT2D eigenvalue weighted by molar-refractivity contribution is 9.11. The zero-order valence-electron chi connectivity index (χ0n) is 12.0. The molecule has 1 aromatic carbocycles. The summed E-state index contributed by atoms with van der Waals surface area (Å²) in [5, 5.41) is 2.74. The van der Waals surface area contributed by atoms with E-state index in [0.29, 0.717) is 5.75 Å². The van der Waals surface area contributed by atoms with Gasteiger partial charge in [-0.3, -0.25) is 0 Å². The molecular weight excluding hydrogens is 390 g/mol. The standard InChI is InChI=1S/C14H19Br2NO3/c1-9(20-13(18)17-14(2,3)4)8-19-12-10(15)6-5-7-11(12)16/h5-7,9H,8H2,1-4H3,(H,17,18)/t9-/m0/s1. The van der Waals surface area contributed by atoms with E-state index in [0.717, 1.165) is 8.95 Å². The van der Waals surface area contributed by atoms with Gasteiger partial charge in [0.15, 0.2) is 0 Å². The van der Waals surface area contributed by atoms with Crippen LogP contribution >= 0.6 is 31.9 Å². The maximum Gasteiger partial charge on any atom is 0.407 e. The van der Waals surface area contributed by atoms with Gasteiger partial charge in [0.1, 0.15) is 18.5 Å². The molecule has 0 unspecified atom stereocenters. The number of rotatable bonds is 4. The second kappa shape index (κ2) is 7.31. The molecule has 1 amide bonds. The summed E-state index contributed by atoms with van der Waals surface area (Å²) in [7, 11) is 0. The molecule has 112 valence electrons. The Morgan fingerprint density at radius 1 is 1.30 bits per heavy atom. The number of benzene rings is 1. The molecule has 0 fully saturated rings. The van der Waals surface area contributed by atoms with E-state index in [2.05, 4.69) is 37.2 Å². The molecule has 0 saturated heterocycles. The number of para-hydroxylation sites is 1. The Hall–Kier alpha value is -0.750. The summed E-state index contributed by atoms with van der Waals surface area (Å²) in [5.41, 5.74) is -0.316. The lowest BCUT2D eigenvalue weighted by molar-refractivity contribution is 0.0702. The van der Waals surface area contributed by atoms with E-state index in [1.165, 1.54) is 0 Å². The van der Waals surface area contributed by atoms with Crippen molar-refractivity contribution in [1.82, 2.24) is 5.32 Å². The van der Waals surface area contributed by atoms with Crippen LogP contribution in [-0.2, 0) is 4.74 Å². The quantitative estimate of drug-likeness (QED) is 0.797. The first kappa shape index (κ1) is 17.3. The second-order valence-corrected chi connectivity index (χ2v) is 7.16. The van der Waals surface area contributed by atoms with E-state index in [1.54, 1.807) is 6.92 Å². The fourth-order valence-electron chi connectivity index (χ4n) is 1.37. The van der Waals surface area contributed by atoms with Gasteiger partial charge >= 0.3 is 6.09 Å². The molecule has 0 aliphatic heterocycles. The van der Waals surface area contributed by atoms with Crippen molar-refractivity contribution < 1.29 is 14.3 Å². The molecule has 4 nitrogen and oxygen atoms in total. The van der Waals surface area contributed by atoms with E-state index < -0.39 is 6.09 Å². The molecule has 20 heavy (non-hydrogen) atoms. The van der Waals surface area contributed by atoms with Gasteiger partial charge in [-0.05, 0) is 71.7 Å². The molecule has 0 spiro atoms. The van der Waals surface area contributed by atoms with Gasteiger partial charge in [-0.15, -0.1) is 0 Å². The summed E-state index contributed by atoms with van der Waals surface area (Å²) < 4.78 is 12.6. The Morgan fingerprint density at radius 3 is 2.35 bits per heavy atom. The van der Waals surface area contributed by atoms with E-state index in [9.17, 15) is 4.79 Å². The average Bonchev–Trinajstić information content (AvgIpc) is 2.25. The van der Waals surface area contributed by atoms with Gasteiger partial charge in [0.05, 0.1) is 8.95 Å². The number of carbonyl (C=O) groups is 1. The largest absolute Gasteiger partial charge is 0.487 e. The van der Waals surface area contributed by atoms with Crippen molar-refractivity contribution in [1.29, 1.82) is 0 Å². The van der Waals surface area contributed by atoms with Crippen LogP contribution in [0.3, 0.4) is 0 Å². The van der Waals surface area contributed by atoms with Gasteiger partial charge in [0.2, 0.25) is 0 Å². The molecule has 0 radical (unpaired) electrons. The lowest BCUT2D eigenvalue weighted by Crippen LogP contribution is -2.42. The molecule has 1 N–H and O–H groups in total. The summed E-state index contributed by atoms with van der Waals surface area (Å²) >= 11 is 6.83. The molecule has 0 bridgehead atoms. The Balaban J connectivity index is 2.48. The third-order valence-electron chi connectivity index (χ3n) is 2.17. The maximum atomic E-state index is 11.6. The molecular formula is C14H19Br2NO3. The van der Waals surface area contributed by atoms with Crippen molar-refractivity contribution >= 4 is 38.0 Å². The molecule has 0 heterocycles. The number of carbonyl (C=O) groups excluding carboxylic acids is 1. The molecule has 1 aromatic rings. The van der Waals surface area contributed by atoms with Crippen LogP contribution in [0.5, 0.6) is 5.75 Å². The summed E-state index contributed by atoms with van der Waals surface area (Å²) in [5.74, 6) is 0.694. The first-order chi connectivity index (χ1) is 9.19. The molecule has 6 heteroatoms. The molecule has 0 aromatic heterocycles. The predicted molar refractivity (Wildman–Crippen MR) is 86.2 cm³/mol. The van der Waals surface area contributed by atoms with Crippen LogP contribution in [0.2, 0.25) is 0 Å². The smallest absolute Gasteiger partial charge is 0.407 e. The van der Waals surface area contributed by atoms with Gasteiger partial charge in [-0.1, -0.05) is 6.07 Å². The topological polar surface area (TPSA) is 47.6 Å². The zero-order chi connectivity index (χ0) is 15.3. The number of hydrogen-bond acceptors (Lipinski definition) is 3. The average molecular weight is 409 g/mol. The first-order valence-electron chi connectivity index (χ1n) is 6.24. The van der Waals surface area contributed by atoms with E-state index in [1.807, 2.05) is 39.0 Å². The number of halogens is 2. The third kappa shape index (κ3) is 6.13. The van der Waals surface area contributed by atoms with Gasteiger partial charge in [-0.25, -0.2) is 4.79 Å². The van der Waals surface area contributed by atoms with Crippen molar-refractivity contribution in [2.45, 2.75) is 39.3 Å². The van der Waals surface area contributed by atoms with Gasteiger partial charge in [0, 0.05) is 5.54 Å². The second-order valence-electron chi connectivity index (χ2n) is 5.45. The first-order valence-corrected chi connectivity index (χ1v) is 7.83. The van der Waals surface area contributed by atoms with Crippen LogP contribution < -0.4 is 10.1 Å². The molecule has 0 saturated carbocycles. The minimum absolute atomic E-state index is 0.277. The summed E-state index contributed by atoms with van der Waals surface area (Å²) in [6.45, 7) is 7.75. The van der Waals surface area contributed by atoms with Gasteiger partial charge in [0.25, 0.3) is 0 Å². The van der Waals surface area contributed by atoms with E-state index in [4.69, 9.17) is 9.47 Å². The summed E-state index contributed by atoms with van der Waals surface area (Å²) in [6, 6.07) is 5.67. The maximum absolute atomic E-state index is 11.6. The van der Waals surface area contributed by atoms with Gasteiger partial charge < -0.3 is 14.8 Å². The van der Waals surface area contributed by atoms with Crippen LogP contribution in [0, 0.1) is 0 Å². The van der Waals surface area contributed by atoms with Crippen molar-refractivity contribution in [3.8, 4) is 5.75 Å². The highest BCUT2D eigenvalue weighted by Gasteiger charge is 2.17. The number of hydrogen-bond donors (Lipinski definition) is 1. The third-order valence-corrected chi connectivity index (χ3v) is 3.42. The minimum atomic E-state index is -0.445. The lowest BCUT2D eigenvalue weighted by Gasteiger charge is -2.22. The monoisotopic (exact) mass is 407 g/mol.